The third kappa shape index (κ3) is 4.58. The lowest BCUT2D eigenvalue weighted by Crippen LogP contribution is -2.47. The number of hydrogen-bond acceptors (Lipinski definition) is 5. The van der Waals surface area contributed by atoms with E-state index in [1.165, 1.54) is 18.7 Å². The molecule has 10 heteroatoms. The lowest BCUT2D eigenvalue weighted by Gasteiger charge is -2.40. The summed E-state index contributed by atoms with van der Waals surface area (Å²) in [7, 11) is 0. The zero-order valence-corrected chi connectivity index (χ0v) is 20.3. The molecule has 36 heavy (non-hydrogen) atoms. The molecular weight excluding hydrogens is 471 g/mol. The molecule has 5 rings (SSSR count). The Kier molecular flexibility index (Phi) is 6.48. The van der Waals surface area contributed by atoms with Crippen molar-refractivity contribution in [3.63, 3.8) is 0 Å². The number of amides is 1. The predicted octanol–water partition coefficient (Wildman–Crippen LogP) is 4.59. The van der Waals surface area contributed by atoms with Gasteiger partial charge in [0.2, 0.25) is 5.91 Å². The van der Waals surface area contributed by atoms with Crippen molar-refractivity contribution in [3.05, 3.63) is 59.7 Å². The smallest absolute Gasteiger partial charge is 0.381 e. The summed E-state index contributed by atoms with van der Waals surface area (Å²) >= 11 is 0. The Morgan fingerprint density at radius 1 is 1.22 bits per heavy atom. The molecule has 1 aliphatic carbocycles. The summed E-state index contributed by atoms with van der Waals surface area (Å²) in [6.45, 7) is 7.86. The van der Waals surface area contributed by atoms with Gasteiger partial charge in [0.15, 0.2) is 0 Å². The minimum absolute atomic E-state index is 0.103. The highest BCUT2D eigenvalue weighted by atomic mass is 19.4. The standard InChI is InChI=1S/C26H30F3N5O2/c1-17(2)25(8-5-21(12-25)32-20-6-9-36-10-7-20)24(35)33-13-18-11-19(26(27,28)29)3-4-22(18)23(14-33)34-15-30-31-16-34/h3-4,11,15-16,20,23H,1,5-10,12-14H2,2H3/t23?,25-/m0/s1. The second-order valence-electron chi connectivity index (χ2n) is 10.1. The van der Waals surface area contributed by atoms with E-state index in [4.69, 9.17) is 9.73 Å². The summed E-state index contributed by atoms with van der Waals surface area (Å²) in [5.74, 6) is -0.103. The van der Waals surface area contributed by atoms with Crippen molar-refractivity contribution in [2.75, 3.05) is 19.8 Å². The largest absolute Gasteiger partial charge is 0.416 e. The van der Waals surface area contributed by atoms with E-state index in [-0.39, 0.29) is 24.5 Å². The van der Waals surface area contributed by atoms with Crippen LogP contribution >= 0.6 is 0 Å². The Labute approximate surface area is 208 Å². The number of ether oxygens (including phenoxy) is 1. The van der Waals surface area contributed by atoms with Crippen molar-refractivity contribution < 1.29 is 22.7 Å². The first kappa shape index (κ1) is 24.7. The number of hydrogen-bond donors (Lipinski definition) is 0. The van der Waals surface area contributed by atoms with Gasteiger partial charge in [-0.25, -0.2) is 0 Å². The third-order valence-electron chi connectivity index (χ3n) is 7.80. The number of fused-ring (bicyclic) bond motifs is 1. The minimum atomic E-state index is -4.47. The lowest BCUT2D eigenvalue weighted by molar-refractivity contribution is -0.141. The molecule has 192 valence electrons. The van der Waals surface area contributed by atoms with Gasteiger partial charge in [-0.2, -0.15) is 13.2 Å². The maximum atomic E-state index is 14.1. The van der Waals surface area contributed by atoms with Crippen LogP contribution in [0.5, 0.6) is 0 Å². The molecule has 1 unspecified atom stereocenters. The molecule has 1 saturated carbocycles. The number of nitrogens with zero attached hydrogens (tertiary/aromatic N) is 5. The van der Waals surface area contributed by atoms with Gasteiger partial charge in [-0.05, 0) is 55.9 Å². The molecule has 2 fully saturated rings. The predicted molar refractivity (Wildman–Crippen MR) is 127 cm³/mol. The van der Waals surface area contributed by atoms with Crippen LogP contribution in [-0.2, 0) is 22.3 Å². The summed E-state index contributed by atoms with van der Waals surface area (Å²) < 4.78 is 47.7. The van der Waals surface area contributed by atoms with Gasteiger partial charge in [0, 0.05) is 38.4 Å². The van der Waals surface area contributed by atoms with Gasteiger partial charge in [-0.1, -0.05) is 18.2 Å². The Balaban J connectivity index is 1.46. The molecule has 0 radical (unpaired) electrons. The number of rotatable bonds is 4. The maximum absolute atomic E-state index is 14.1. The van der Waals surface area contributed by atoms with Crippen LogP contribution in [0.25, 0.3) is 0 Å². The average Bonchev–Trinajstić information content (AvgIpc) is 3.54. The lowest BCUT2D eigenvalue weighted by atomic mass is 9.77. The number of carbonyl (C=O) groups excluding carboxylic acids is 1. The highest BCUT2D eigenvalue weighted by molar-refractivity contribution is 5.98. The molecule has 7 nitrogen and oxygen atoms in total. The van der Waals surface area contributed by atoms with Crippen LogP contribution in [0.15, 0.2) is 48.0 Å². The van der Waals surface area contributed by atoms with Gasteiger partial charge in [-0.3, -0.25) is 9.79 Å². The van der Waals surface area contributed by atoms with Crippen LogP contribution in [0, 0.1) is 5.41 Å². The maximum Gasteiger partial charge on any atom is 0.416 e. The fourth-order valence-corrected chi connectivity index (χ4v) is 5.70. The summed E-state index contributed by atoms with van der Waals surface area (Å²) in [6, 6.07) is 3.60. The molecule has 1 aromatic heterocycles. The molecule has 1 saturated heterocycles. The van der Waals surface area contributed by atoms with E-state index in [2.05, 4.69) is 16.8 Å². The summed E-state index contributed by atoms with van der Waals surface area (Å²) in [6.07, 6.45) is 2.17. The number of halogens is 3. The molecular formula is C26H30F3N5O2. The molecule has 0 spiro atoms. The van der Waals surface area contributed by atoms with Crippen molar-refractivity contribution in [1.29, 1.82) is 0 Å². The highest BCUT2D eigenvalue weighted by Gasteiger charge is 2.48. The number of aromatic nitrogens is 3. The van der Waals surface area contributed by atoms with Crippen molar-refractivity contribution in [2.45, 2.75) is 63.8 Å². The summed E-state index contributed by atoms with van der Waals surface area (Å²) in [5.41, 5.74) is 1.48. The van der Waals surface area contributed by atoms with Crippen LogP contribution in [0.3, 0.4) is 0 Å². The Hall–Kier alpha value is -3.01. The monoisotopic (exact) mass is 501 g/mol. The summed E-state index contributed by atoms with van der Waals surface area (Å²) in [4.78, 5) is 20.8. The number of aliphatic imine (C=N–C) groups is 1. The van der Waals surface area contributed by atoms with Crippen LogP contribution < -0.4 is 0 Å². The topological polar surface area (TPSA) is 72.6 Å². The fourth-order valence-electron chi connectivity index (χ4n) is 5.70. The minimum Gasteiger partial charge on any atom is -0.381 e. The van der Waals surface area contributed by atoms with Gasteiger partial charge in [-0.15, -0.1) is 10.2 Å². The van der Waals surface area contributed by atoms with Crippen molar-refractivity contribution in [3.8, 4) is 0 Å². The second kappa shape index (κ2) is 9.46. The van der Waals surface area contributed by atoms with Gasteiger partial charge in [0.05, 0.1) is 23.1 Å². The van der Waals surface area contributed by atoms with E-state index in [1.54, 1.807) is 9.47 Å². The van der Waals surface area contributed by atoms with Crippen LogP contribution in [0.2, 0.25) is 0 Å². The molecule has 1 amide bonds. The average molecular weight is 502 g/mol. The van der Waals surface area contributed by atoms with Gasteiger partial charge in [0.1, 0.15) is 12.7 Å². The SMILES string of the molecule is C=C(C)[C@]1(C(=O)N2Cc3cc(C(F)(F)F)ccc3C(n3cnnc3)C2)CCC(=NC2CCOCC2)C1. The van der Waals surface area contributed by atoms with E-state index in [0.717, 1.165) is 41.8 Å². The number of alkyl halides is 3. The third-order valence-corrected chi connectivity index (χ3v) is 7.80. The zero-order chi connectivity index (χ0) is 25.5. The first-order valence-corrected chi connectivity index (χ1v) is 12.3. The molecule has 3 heterocycles. The molecule has 1 aromatic carbocycles. The highest BCUT2D eigenvalue weighted by Crippen LogP contribution is 2.46. The van der Waals surface area contributed by atoms with Crippen LogP contribution in [0.1, 0.15) is 61.8 Å². The van der Waals surface area contributed by atoms with Crippen molar-refractivity contribution in [2.24, 2.45) is 10.4 Å². The van der Waals surface area contributed by atoms with Gasteiger partial charge in [0.25, 0.3) is 0 Å². The molecule has 0 bridgehead atoms. The van der Waals surface area contributed by atoms with Gasteiger partial charge < -0.3 is 14.2 Å². The Bertz CT molecular complexity index is 1170. The normalized spacial score (nSPS) is 26.3. The molecule has 0 N–H and O–H groups in total. The Morgan fingerprint density at radius 2 is 1.94 bits per heavy atom. The van der Waals surface area contributed by atoms with E-state index >= 15 is 0 Å². The van der Waals surface area contributed by atoms with Crippen LogP contribution in [0.4, 0.5) is 13.2 Å². The zero-order valence-electron chi connectivity index (χ0n) is 20.3. The molecule has 2 atom stereocenters. The van der Waals surface area contributed by atoms with Gasteiger partial charge >= 0.3 is 6.18 Å². The quantitative estimate of drug-likeness (QED) is 0.575. The van der Waals surface area contributed by atoms with E-state index in [9.17, 15) is 18.0 Å². The first-order chi connectivity index (χ1) is 17.2. The van der Waals surface area contributed by atoms with Crippen LogP contribution in [-0.4, -0.2) is 57.1 Å². The second-order valence-corrected chi connectivity index (χ2v) is 10.1. The van der Waals surface area contributed by atoms with Crippen molar-refractivity contribution >= 4 is 11.6 Å². The van der Waals surface area contributed by atoms with E-state index < -0.39 is 17.2 Å². The first-order valence-electron chi connectivity index (χ1n) is 12.3. The molecule has 2 aromatic rings. The van der Waals surface area contributed by atoms with Crippen molar-refractivity contribution in [1.82, 2.24) is 19.7 Å². The fraction of sp³-hybridized carbons (Fsp3) is 0.538. The van der Waals surface area contributed by atoms with E-state index in [0.29, 0.717) is 44.6 Å². The number of benzene rings is 1. The summed E-state index contributed by atoms with van der Waals surface area (Å²) in [5, 5.41) is 7.74. The molecule has 3 aliphatic rings. The number of carbonyl (C=O) groups is 1. The Morgan fingerprint density at radius 3 is 2.61 bits per heavy atom. The van der Waals surface area contributed by atoms with E-state index in [1.807, 2.05) is 6.92 Å². The molecule has 2 aliphatic heterocycles.